The van der Waals surface area contributed by atoms with Crippen LogP contribution in [0.5, 0.6) is 0 Å². The molecule has 1 heterocycles. The van der Waals surface area contributed by atoms with Gasteiger partial charge in [-0.3, -0.25) is 4.79 Å². The number of benzene rings is 1. The number of amides is 1. The number of carbonyl (C=O) groups excluding carboxylic acids is 1. The summed E-state index contributed by atoms with van der Waals surface area (Å²) >= 11 is 7.23. The number of halogens is 2. The molecule has 1 amide bonds. The molecule has 0 aliphatic rings. The average molecular weight is 341 g/mol. The molecule has 0 bridgehead atoms. The van der Waals surface area contributed by atoms with E-state index in [1.807, 2.05) is 6.07 Å². The maximum atomic E-state index is 13.7. The van der Waals surface area contributed by atoms with Crippen LogP contribution in [0.1, 0.15) is 15.9 Å². The molecule has 0 saturated heterocycles. The Labute approximate surface area is 136 Å². The van der Waals surface area contributed by atoms with Crippen LogP contribution in [0.3, 0.4) is 0 Å². The number of aliphatic hydroxyl groups excluding tert-OH is 1. The van der Waals surface area contributed by atoms with Gasteiger partial charge >= 0.3 is 0 Å². The molecular weight excluding hydrogens is 327 g/mol. The topological polar surface area (TPSA) is 62.2 Å². The van der Waals surface area contributed by atoms with E-state index in [4.69, 9.17) is 16.7 Å². The van der Waals surface area contributed by atoms with E-state index in [-0.39, 0.29) is 17.2 Å². The lowest BCUT2D eigenvalue weighted by Crippen LogP contribution is -2.14. The maximum Gasteiger partial charge on any atom is 0.259 e. The highest BCUT2D eigenvalue weighted by atomic mass is 35.5. The third kappa shape index (κ3) is 4.69. The van der Waals surface area contributed by atoms with E-state index in [0.29, 0.717) is 17.3 Å². The maximum absolute atomic E-state index is 13.7. The van der Waals surface area contributed by atoms with E-state index in [1.54, 1.807) is 24.0 Å². The van der Waals surface area contributed by atoms with Gasteiger partial charge in [-0.25, -0.2) is 9.37 Å². The number of rotatable bonds is 6. The minimum atomic E-state index is -0.681. The summed E-state index contributed by atoms with van der Waals surface area (Å²) in [7, 11) is 0. The number of nitrogens with zero attached hydrogens (tertiary/aromatic N) is 1. The van der Waals surface area contributed by atoms with Crippen molar-refractivity contribution in [2.45, 2.75) is 5.75 Å². The number of aromatic nitrogens is 1. The second-order valence-electron chi connectivity index (χ2n) is 4.40. The molecule has 0 radical (unpaired) electrons. The zero-order chi connectivity index (χ0) is 15.9. The molecular formula is C15H14ClFN2O2S. The number of nitrogens with one attached hydrogen (secondary N) is 1. The number of aliphatic hydroxyl groups is 1. The number of anilines is 1. The van der Waals surface area contributed by atoms with Crippen molar-refractivity contribution in [3.05, 3.63) is 58.5 Å². The Balaban J connectivity index is 2.06. The Hall–Kier alpha value is -1.63. The van der Waals surface area contributed by atoms with Gasteiger partial charge in [0.1, 0.15) is 11.6 Å². The molecule has 4 nitrogen and oxygen atoms in total. The number of carbonyl (C=O) groups is 1. The number of pyridine rings is 1. The molecule has 0 aliphatic carbocycles. The van der Waals surface area contributed by atoms with Crippen molar-refractivity contribution in [1.82, 2.24) is 4.98 Å². The van der Waals surface area contributed by atoms with Crippen molar-refractivity contribution in [1.29, 1.82) is 0 Å². The van der Waals surface area contributed by atoms with Gasteiger partial charge in [0, 0.05) is 22.7 Å². The molecule has 2 N–H and O–H groups in total. The molecule has 1 aromatic heterocycles. The molecule has 1 aromatic carbocycles. The summed E-state index contributed by atoms with van der Waals surface area (Å²) in [5, 5.41) is 11.5. The van der Waals surface area contributed by atoms with Gasteiger partial charge in [0.15, 0.2) is 0 Å². The van der Waals surface area contributed by atoms with Crippen molar-refractivity contribution < 1.29 is 14.3 Å². The summed E-state index contributed by atoms with van der Waals surface area (Å²) < 4.78 is 13.7. The first-order valence-electron chi connectivity index (χ1n) is 6.50. The number of hydrogen-bond acceptors (Lipinski definition) is 4. The Morgan fingerprint density at radius 2 is 2.18 bits per heavy atom. The van der Waals surface area contributed by atoms with E-state index in [0.717, 1.165) is 11.6 Å². The van der Waals surface area contributed by atoms with E-state index in [9.17, 15) is 9.18 Å². The lowest BCUT2D eigenvalue weighted by Gasteiger charge is -2.07. The average Bonchev–Trinajstić information content (AvgIpc) is 2.47. The largest absolute Gasteiger partial charge is 0.396 e. The van der Waals surface area contributed by atoms with E-state index in [1.165, 1.54) is 12.1 Å². The Morgan fingerprint density at radius 3 is 2.91 bits per heavy atom. The Kier molecular flexibility index (Phi) is 6.18. The number of hydrogen-bond donors (Lipinski definition) is 2. The van der Waals surface area contributed by atoms with Crippen LogP contribution in [0.2, 0.25) is 5.02 Å². The Morgan fingerprint density at radius 1 is 1.36 bits per heavy atom. The highest BCUT2D eigenvalue weighted by Crippen LogP contribution is 2.17. The zero-order valence-corrected chi connectivity index (χ0v) is 13.1. The zero-order valence-electron chi connectivity index (χ0n) is 11.6. The molecule has 7 heteroatoms. The van der Waals surface area contributed by atoms with Crippen molar-refractivity contribution in [2.24, 2.45) is 0 Å². The first-order valence-corrected chi connectivity index (χ1v) is 8.03. The fraction of sp³-hybridized carbons (Fsp3) is 0.200. The van der Waals surface area contributed by atoms with Crippen LogP contribution < -0.4 is 5.32 Å². The van der Waals surface area contributed by atoms with Gasteiger partial charge in [0.25, 0.3) is 5.91 Å². The van der Waals surface area contributed by atoms with Crippen molar-refractivity contribution in [3.63, 3.8) is 0 Å². The van der Waals surface area contributed by atoms with Crippen LogP contribution in [0.4, 0.5) is 10.2 Å². The SMILES string of the molecule is O=C(Nc1cc(CSCCO)ccn1)c1ccc(Cl)cc1F. The van der Waals surface area contributed by atoms with E-state index in [2.05, 4.69) is 10.3 Å². The van der Waals surface area contributed by atoms with Gasteiger partial charge in [-0.2, -0.15) is 11.8 Å². The molecule has 22 heavy (non-hydrogen) atoms. The normalized spacial score (nSPS) is 10.5. The summed E-state index contributed by atoms with van der Waals surface area (Å²) in [6, 6.07) is 7.41. The monoisotopic (exact) mass is 340 g/mol. The molecule has 0 fully saturated rings. The third-order valence-electron chi connectivity index (χ3n) is 2.75. The van der Waals surface area contributed by atoms with Gasteiger partial charge in [-0.1, -0.05) is 11.6 Å². The molecule has 0 unspecified atom stereocenters. The molecule has 2 aromatic rings. The summed E-state index contributed by atoms with van der Waals surface area (Å²) in [6.45, 7) is 0.120. The highest BCUT2D eigenvalue weighted by molar-refractivity contribution is 7.98. The lowest BCUT2D eigenvalue weighted by molar-refractivity contribution is 0.102. The molecule has 0 spiro atoms. The van der Waals surface area contributed by atoms with Gasteiger partial charge < -0.3 is 10.4 Å². The highest BCUT2D eigenvalue weighted by Gasteiger charge is 2.13. The van der Waals surface area contributed by atoms with Crippen LogP contribution in [0.15, 0.2) is 36.5 Å². The van der Waals surface area contributed by atoms with Crippen molar-refractivity contribution in [3.8, 4) is 0 Å². The molecule has 0 aliphatic heterocycles. The van der Waals surface area contributed by atoms with Crippen molar-refractivity contribution >= 4 is 35.1 Å². The van der Waals surface area contributed by atoms with E-state index < -0.39 is 11.7 Å². The predicted octanol–water partition coefficient (Wildman–Crippen LogP) is 3.35. The predicted molar refractivity (Wildman–Crippen MR) is 86.8 cm³/mol. The fourth-order valence-corrected chi connectivity index (χ4v) is 2.59. The minimum Gasteiger partial charge on any atom is -0.396 e. The van der Waals surface area contributed by atoms with Crippen LogP contribution in [-0.4, -0.2) is 28.4 Å². The summed E-state index contributed by atoms with van der Waals surface area (Å²) in [4.78, 5) is 16.1. The lowest BCUT2D eigenvalue weighted by atomic mass is 10.2. The van der Waals surface area contributed by atoms with Gasteiger partial charge in [0.05, 0.1) is 12.2 Å². The molecule has 0 atom stereocenters. The molecule has 116 valence electrons. The second-order valence-corrected chi connectivity index (χ2v) is 5.95. The smallest absolute Gasteiger partial charge is 0.259 e. The van der Waals surface area contributed by atoms with Gasteiger partial charge in [-0.05, 0) is 35.9 Å². The van der Waals surface area contributed by atoms with Crippen LogP contribution in [0.25, 0.3) is 0 Å². The number of thioether (sulfide) groups is 1. The fourth-order valence-electron chi connectivity index (χ4n) is 1.74. The van der Waals surface area contributed by atoms with Crippen molar-refractivity contribution in [2.75, 3.05) is 17.7 Å². The Bertz CT molecular complexity index is 670. The minimum absolute atomic E-state index is 0.0914. The summed E-state index contributed by atoms with van der Waals surface area (Å²) in [5.74, 6) is 0.421. The van der Waals surface area contributed by atoms with Crippen LogP contribution in [-0.2, 0) is 5.75 Å². The first kappa shape index (κ1) is 16.7. The summed E-state index contributed by atoms with van der Waals surface area (Å²) in [6.07, 6.45) is 1.57. The van der Waals surface area contributed by atoms with Crippen LogP contribution in [0, 0.1) is 5.82 Å². The second kappa shape index (κ2) is 8.12. The third-order valence-corrected chi connectivity index (χ3v) is 3.99. The van der Waals surface area contributed by atoms with Gasteiger partial charge in [0.2, 0.25) is 0 Å². The molecule has 2 rings (SSSR count). The standard InChI is InChI=1S/C15H14ClFN2O2S/c16-11-1-2-12(13(17)8-11)15(21)19-14-7-10(3-4-18-14)9-22-6-5-20/h1-4,7-8,20H,5-6,9H2,(H,18,19,21). The van der Waals surface area contributed by atoms with Crippen LogP contribution >= 0.6 is 23.4 Å². The first-order chi connectivity index (χ1) is 10.6. The summed E-state index contributed by atoms with van der Waals surface area (Å²) in [5.41, 5.74) is 0.867. The van der Waals surface area contributed by atoms with Gasteiger partial charge in [-0.15, -0.1) is 0 Å². The molecule has 0 saturated carbocycles. The van der Waals surface area contributed by atoms with E-state index >= 15 is 0 Å². The quantitative estimate of drug-likeness (QED) is 0.792.